The lowest BCUT2D eigenvalue weighted by atomic mass is 10.3. The van der Waals surface area contributed by atoms with Gasteiger partial charge < -0.3 is 9.47 Å². The molecule has 0 radical (unpaired) electrons. The van der Waals surface area contributed by atoms with Crippen molar-refractivity contribution in [2.24, 2.45) is 0 Å². The second-order valence-corrected chi connectivity index (χ2v) is 3.41. The van der Waals surface area contributed by atoms with Crippen LogP contribution in [-0.4, -0.2) is 18.1 Å². The summed E-state index contributed by atoms with van der Waals surface area (Å²) in [5.74, 6) is 0.859. The van der Waals surface area contributed by atoms with E-state index in [9.17, 15) is 10.1 Å². The SMILES string of the molecule is COc1cc(OC2CC2)ccc1[N+](=O)[O-]. The van der Waals surface area contributed by atoms with E-state index in [1.165, 1.54) is 13.2 Å². The first-order chi connectivity index (χ1) is 7.20. The van der Waals surface area contributed by atoms with E-state index in [-0.39, 0.29) is 17.5 Å². The van der Waals surface area contributed by atoms with Crippen LogP contribution in [0.25, 0.3) is 0 Å². The Morgan fingerprint density at radius 3 is 2.73 bits per heavy atom. The van der Waals surface area contributed by atoms with Gasteiger partial charge >= 0.3 is 5.69 Å². The van der Waals surface area contributed by atoms with Crippen LogP contribution in [0.5, 0.6) is 11.5 Å². The lowest BCUT2D eigenvalue weighted by Gasteiger charge is -2.06. The van der Waals surface area contributed by atoms with Gasteiger partial charge in [0.1, 0.15) is 5.75 Å². The molecule has 5 nitrogen and oxygen atoms in total. The van der Waals surface area contributed by atoms with Gasteiger partial charge in [0.2, 0.25) is 5.75 Å². The van der Waals surface area contributed by atoms with Gasteiger partial charge in [-0.05, 0) is 18.9 Å². The molecule has 5 heteroatoms. The molecule has 0 unspecified atom stereocenters. The predicted octanol–water partition coefficient (Wildman–Crippen LogP) is 2.14. The van der Waals surface area contributed by atoms with E-state index in [0.717, 1.165) is 12.8 Å². The first-order valence-corrected chi connectivity index (χ1v) is 4.70. The van der Waals surface area contributed by atoms with Gasteiger partial charge in [0.25, 0.3) is 0 Å². The van der Waals surface area contributed by atoms with Crippen LogP contribution >= 0.6 is 0 Å². The molecule has 1 saturated carbocycles. The van der Waals surface area contributed by atoms with Crippen molar-refractivity contribution in [1.29, 1.82) is 0 Å². The Labute approximate surface area is 86.8 Å². The third-order valence-corrected chi connectivity index (χ3v) is 2.18. The standard InChI is InChI=1S/C10H11NO4/c1-14-10-6-8(15-7-2-3-7)4-5-9(10)11(12)13/h4-7H,2-3H2,1H3. The van der Waals surface area contributed by atoms with Crippen LogP contribution in [0, 0.1) is 10.1 Å². The number of nitro benzene ring substituents is 1. The zero-order valence-corrected chi connectivity index (χ0v) is 8.30. The smallest absolute Gasteiger partial charge is 0.311 e. The fourth-order valence-corrected chi connectivity index (χ4v) is 1.26. The summed E-state index contributed by atoms with van der Waals surface area (Å²) in [6, 6.07) is 4.55. The highest BCUT2D eigenvalue weighted by Gasteiger charge is 2.24. The molecule has 0 atom stereocenters. The molecule has 1 fully saturated rings. The maximum absolute atomic E-state index is 10.6. The van der Waals surface area contributed by atoms with Crippen LogP contribution in [0.1, 0.15) is 12.8 Å². The number of hydrogen-bond donors (Lipinski definition) is 0. The van der Waals surface area contributed by atoms with Gasteiger partial charge in [-0.3, -0.25) is 10.1 Å². The van der Waals surface area contributed by atoms with Crippen molar-refractivity contribution >= 4 is 5.69 Å². The molecule has 0 amide bonds. The number of nitrogens with zero attached hydrogens (tertiary/aromatic N) is 1. The zero-order valence-electron chi connectivity index (χ0n) is 8.30. The van der Waals surface area contributed by atoms with Crippen molar-refractivity contribution in [2.45, 2.75) is 18.9 Å². The number of rotatable bonds is 4. The van der Waals surface area contributed by atoms with E-state index < -0.39 is 4.92 Å². The van der Waals surface area contributed by atoms with E-state index >= 15 is 0 Å². The second-order valence-electron chi connectivity index (χ2n) is 3.41. The van der Waals surface area contributed by atoms with Gasteiger partial charge in [0, 0.05) is 12.1 Å². The molecule has 0 aliphatic heterocycles. The van der Waals surface area contributed by atoms with Gasteiger partial charge in [-0.2, -0.15) is 0 Å². The molecule has 0 bridgehead atoms. The van der Waals surface area contributed by atoms with E-state index in [0.29, 0.717) is 5.75 Å². The van der Waals surface area contributed by atoms with E-state index in [4.69, 9.17) is 9.47 Å². The number of hydrogen-bond acceptors (Lipinski definition) is 4. The molecular weight excluding hydrogens is 198 g/mol. The van der Waals surface area contributed by atoms with Crippen LogP contribution < -0.4 is 9.47 Å². The third-order valence-electron chi connectivity index (χ3n) is 2.18. The van der Waals surface area contributed by atoms with Crippen molar-refractivity contribution in [3.8, 4) is 11.5 Å². The molecule has 15 heavy (non-hydrogen) atoms. The normalized spacial score (nSPS) is 14.7. The maximum atomic E-state index is 10.6. The van der Waals surface area contributed by atoms with E-state index in [1.807, 2.05) is 0 Å². The first kappa shape index (κ1) is 9.76. The fourth-order valence-electron chi connectivity index (χ4n) is 1.26. The topological polar surface area (TPSA) is 61.6 Å². The number of methoxy groups -OCH3 is 1. The average molecular weight is 209 g/mol. The monoisotopic (exact) mass is 209 g/mol. The molecule has 0 spiro atoms. The first-order valence-electron chi connectivity index (χ1n) is 4.70. The third kappa shape index (κ3) is 2.18. The largest absolute Gasteiger partial charge is 0.490 e. The predicted molar refractivity (Wildman–Crippen MR) is 53.3 cm³/mol. The molecule has 1 aliphatic rings. The second kappa shape index (κ2) is 3.76. The lowest BCUT2D eigenvalue weighted by Crippen LogP contribution is -1.98. The van der Waals surface area contributed by atoms with Gasteiger partial charge in [-0.15, -0.1) is 0 Å². The molecule has 1 aliphatic carbocycles. The molecule has 2 rings (SSSR count). The van der Waals surface area contributed by atoms with E-state index in [2.05, 4.69) is 0 Å². The summed E-state index contributed by atoms with van der Waals surface area (Å²) in [5.41, 5.74) is -0.0411. The van der Waals surface area contributed by atoms with Crippen molar-refractivity contribution in [3.63, 3.8) is 0 Å². The van der Waals surface area contributed by atoms with Gasteiger partial charge in [0.05, 0.1) is 18.1 Å². The van der Waals surface area contributed by atoms with Gasteiger partial charge in [-0.25, -0.2) is 0 Å². The van der Waals surface area contributed by atoms with Crippen molar-refractivity contribution in [1.82, 2.24) is 0 Å². The summed E-state index contributed by atoms with van der Waals surface area (Å²) in [5, 5.41) is 10.6. The Balaban J connectivity index is 2.24. The maximum Gasteiger partial charge on any atom is 0.311 e. The summed E-state index contributed by atoms with van der Waals surface area (Å²) < 4.78 is 10.4. The molecular formula is C10H11NO4. The quantitative estimate of drug-likeness (QED) is 0.563. The molecule has 80 valence electrons. The minimum Gasteiger partial charge on any atom is -0.490 e. The Morgan fingerprint density at radius 1 is 1.47 bits per heavy atom. The Kier molecular flexibility index (Phi) is 2.45. The number of nitro groups is 1. The highest BCUT2D eigenvalue weighted by molar-refractivity contribution is 5.50. The van der Waals surface area contributed by atoms with Crippen LogP contribution in [0.15, 0.2) is 18.2 Å². The van der Waals surface area contributed by atoms with Crippen molar-refractivity contribution < 1.29 is 14.4 Å². The minimum atomic E-state index is -0.472. The van der Waals surface area contributed by atoms with Crippen molar-refractivity contribution in [3.05, 3.63) is 28.3 Å². The summed E-state index contributed by atoms with van der Waals surface area (Å²) >= 11 is 0. The van der Waals surface area contributed by atoms with Crippen molar-refractivity contribution in [2.75, 3.05) is 7.11 Å². The van der Waals surface area contributed by atoms with Crippen LogP contribution in [-0.2, 0) is 0 Å². The van der Waals surface area contributed by atoms with Gasteiger partial charge in [0.15, 0.2) is 0 Å². The summed E-state index contributed by atoms with van der Waals surface area (Å²) in [4.78, 5) is 10.1. The number of benzene rings is 1. The summed E-state index contributed by atoms with van der Waals surface area (Å²) in [6.45, 7) is 0. The van der Waals surface area contributed by atoms with Gasteiger partial charge in [-0.1, -0.05) is 0 Å². The lowest BCUT2D eigenvalue weighted by molar-refractivity contribution is -0.385. The molecule has 0 heterocycles. The zero-order chi connectivity index (χ0) is 10.8. The van der Waals surface area contributed by atoms with E-state index in [1.54, 1.807) is 12.1 Å². The molecule has 1 aromatic rings. The minimum absolute atomic E-state index is 0.0411. The van der Waals surface area contributed by atoms with Crippen LogP contribution in [0.4, 0.5) is 5.69 Å². The highest BCUT2D eigenvalue weighted by atomic mass is 16.6. The molecule has 0 saturated heterocycles. The number of ether oxygens (including phenoxy) is 2. The Morgan fingerprint density at radius 2 is 2.20 bits per heavy atom. The molecule has 0 aromatic heterocycles. The average Bonchev–Trinajstić information content (AvgIpc) is 3.01. The fraction of sp³-hybridized carbons (Fsp3) is 0.400. The van der Waals surface area contributed by atoms with Crippen LogP contribution in [0.2, 0.25) is 0 Å². The Bertz CT molecular complexity index is 387. The summed E-state index contributed by atoms with van der Waals surface area (Å²) in [6.07, 6.45) is 2.38. The molecule has 1 aromatic carbocycles. The summed E-state index contributed by atoms with van der Waals surface area (Å²) in [7, 11) is 1.41. The Hall–Kier alpha value is -1.78. The molecule has 0 N–H and O–H groups in total. The van der Waals surface area contributed by atoms with Crippen LogP contribution in [0.3, 0.4) is 0 Å². The highest BCUT2D eigenvalue weighted by Crippen LogP contribution is 2.33.